The second kappa shape index (κ2) is 5.91. The van der Waals surface area contributed by atoms with Crippen LogP contribution < -0.4 is 0 Å². The molecule has 0 N–H and O–H groups in total. The summed E-state index contributed by atoms with van der Waals surface area (Å²) >= 11 is 2.22. The van der Waals surface area contributed by atoms with E-state index >= 15 is 0 Å². The fourth-order valence-corrected chi connectivity index (χ4v) is 1.27. The highest BCUT2D eigenvalue weighted by Gasteiger charge is 2.17. The molecule has 0 saturated heterocycles. The summed E-state index contributed by atoms with van der Waals surface area (Å²) in [5.74, 6) is 0.158. The molecule has 0 radical (unpaired) electrons. The van der Waals surface area contributed by atoms with Gasteiger partial charge in [0.25, 0.3) is 0 Å². The molecular formula is C7H14INO2. The van der Waals surface area contributed by atoms with Crippen LogP contribution >= 0.6 is 22.6 Å². The largest absolute Gasteiger partial charge is 0.383 e. The highest BCUT2D eigenvalue weighted by Crippen LogP contribution is 2.01. The van der Waals surface area contributed by atoms with Crippen LogP contribution in [0.4, 0.5) is 0 Å². The summed E-state index contributed by atoms with van der Waals surface area (Å²) in [6, 6.07) is -0.0862. The topological polar surface area (TPSA) is 29.5 Å². The zero-order chi connectivity index (χ0) is 8.85. The number of Topliss-reactive ketones (excluding diaryl/α,β-unsaturated/α-hetero) is 1. The Labute approximate surface area is 81.2 Å². The van der Waals surface area contributed by atoms with Crippen molar-refractivity contribution in [2.24, 2.45) is 0 Å². The number of likely N-dealkylation sites (N-methyl/N-ethyl adjacent to an activating group) is 1. The molecule has 0 aromatic rings. The van der Waals surface area contributed by atoms with E-state index in [1.165, 1.54) is 0 Å². The molecule has 0 saturated carbocycles. The second-order valence-corrected chi connectivity index (χ2v) is 3.14. The summed E-state index contributed by atoms with van der Waals surface area (Å²) in [6.45, 7) is 2.07. The third-order valence-electron chi connectivity index (χ3n) is 1.51. The summed E-state index contributed by atoms with van der Waals surface area (Å²) in [5, 5.41) is 0. The van der Waals surface area contributed by atoms with Gasteiger partial charge >= 0.3 is 0 Å². The van der Waals surface area contributed by atoms with E-state index in [0.29, 0.717) is 6.61 Å². The van der Waals surface area contributed by atoms with E-state index in [1.54, 1.807) is 14.0 Å². The van der Waals surface area contributed by atoms with E-state index in [1.807, 2.05) is 11.9 Å². The first-order chi connectivity index (χ1) is 5.13. The fourth-order valence-electron chi connectivity index (χ4n) is 0.796. The molecule has 66 valence electrons. The maximum Gasteiger partial charge on any atom is 0.149 e. The first-order valence-electron chi connectivity index (χ1n) is 3.39. The normalized spacial score (nSPS) is 13.5. The van der Waals surface area contributed by atoms with Crippen LogP contribution in [0.15, 0.2) is 0 Å². The van der Waals surface area contributed by atoms with Crippen molar-refractivity contribution in [3.8, 4) is 0 Å². The molecular weight excluding hydrogens is 257 g/mol. The Morgan fingerprint density at radius 3 is 2.55 bits per heavy atom. The number of hydrogen-bond donors (Lipinski definition) is 0. The van der Waals surface area contributed by atoms with Crippen molar-refractivity contribution in [3.05, 3.63) is 0 Å². The maximum absolute atomic E-state index is 11.0. The predicted molar refractivity (Wildman–Crippen MR) is 53.0 cm³/mol. The highest BCUT2D eigenvalue weighted by atomic mass is 127. The third kappa shape index (κ3) is 4.03. The summed E-state index contributed by atoms with van der Waals surface area (Å²) < 4.78 is 5.76. The average molecular weight is 271 g/mol. The predicted octanol–water partition coefficient (Wildman–Crippen LogP) is 0.915. The van der Waals surface area contributed by atoms with E-state index in [2.05, 4.69) is 22.6 Å². The van der Waals surface area contributed by atoms with Gasteiger partial charge in [-0.15, -0.1) is 0 Å². The first kappa shape index (κ1) is 11.3. The Morgan fingerprint density at radius 2 is 2.27 bits per heavy atom. The number of ketones is 1. The van der Waals surface area contributed by atoms with E-state index in [4.69, 9.17) is 4.74 Å². The molecule has 0 amide bonds. The molecule has 0 bridgehead atoms. The number of methoxy groups -OCH3 is 1. The van der Waals surface area contributed by atoms with Crippen LogP contribution in [0.2, 0.25) is 0 Å². The van der Waals surface area contributed by atoms with Gasteiger partial charge in [-0.1, -0.05) is 22.6 Å². The Balaban J connectivity index is 3.97. The Morgan fingerprint density at radius 1 is 1.73 bits per heavy atom. The number of rotatable bonds is 5. The van der Waals surface area contributed by atoms with Crippen LogP contribution in [-0.4, -0.2) is 42.0 Å². The molecule has 0 aliphatic carbocycles. The van der Waals surface area contributed by atoms with Gasteiger partial charge in [-0.05, 0) is 14.0 Å². The SMILES string of the molecule is COCC(C(C)=O)N(C)CI. The van der Waals surface area contributed by atoms with Crippen LogP contribution in [0.5, 0.6) is 0 Å². The van der Waals surface area contributed by atoms with Crippen molar-refractivity contribution >= 4 is 28.4 Å². The summed E-state index contributed by atoms with van der Waals surface area (Å²) in [5.41, 5.74) is 0. The van der Waals surface area contributed by atoms with Gasteiger partial charge in [-0.2, -0.15) is 0 Å². The van der Waals surface area contributed by atoms with Crippen LogP contribution in [0, 0.1) is 0 Å². The van der Waals surface area contributed by atoms with Crippen LogP contribution in [0.1, 0.15) is 6.92 Å². The molecule has 0 heterocycles. The number of carbonyl (C=O) groups excluding carboxylic acids is 1. The van der Waals surface area contributed by atoms with Crippen molar-refractivity contribution in [1.29, 1.82) is 0 Å². The maximum atomic E-state index is 11.0. The van der Waals surface area contributed by atoms with Crippen LogP contribution in [0.3, 0.4) is 0 Å². The zero-order valence-electron chi connectivity index (χ0n) is 7.13. The minimum atomic E-state index is -0.0862. The van der Waals surface area contributed by atoms with E-state index in [9.17, 15) is 4.79 Å². The number of ether oxygens (including phenoxy) is 1. The molecule has 0 aromatic heterocycles. The number of nitrogens with zero attached hydrogens (tertiary/aromatic N) is 1. The lowest BCUT2D eigenvalue weighted by atomic mass is 10.2. The van der Waals surface area contributed by atoms with Crippen LogP contribution in [-0.2, 0) is 9.53 Å². The standard InChI is InChI=1S/C7H14INO2/c1-6(10)7(4-11-3)9(2)5-8/h7H,4-5H2,1-3H3. The average Bonchev–Trinajstić information content (AvgIpc) is 1.98. The minimum Gasteiger partial charge on any atom is -0.383 e. The van der Waals surface area contributed by atoms with Gasteiger partial charge < -0.3 is 4.74 Å². The van der Waals surface area contributed by atoms with Gasteiger partial charge in [0.05, 0.1) is 17.2 Å². The number of hydrogen-bond acceptors (Lipinski definition) is 3. The number of halogens is 1. The number of carbonyl (C=O) groups is 1. The molecule has 0 aliphatic heterocycles. The quantitative estimate of drug-likeness (QED) is 0.423. The third-order valence-corrected chi connectivity index (χ3v) is 2.59. The smallest absolute Gasteiger partial charge is 0.149 e. The van der Waals surface area contributed by atoms with Gasteiger partial charge in [-0.3, -0.25) is 9.69 Å². The Hall–Kier alpha value is 0.320. The lowest BCUT2D eigenvalue weighted by Crippen LogP contribution is -2.39. The second-order valence-electron chi connectivity index (χ2n) is 2.46. The monoisotopic (exact) mass is 271 g/mol. The lowest BCUT2D eigenvalue weighted by Gasteiger charge is -2.22. The number of alkyl halides is 1. The molecule has 0 spiro atoms. The molecule has 1 atom stereocenters. The molecule has 0 aromatic carbocycles. The first-order valence-corrected chi connectivity index (χ1v) is 4.91. The van der Waals surface area contributed by atoms with Crippen molar-refractivity contribution in [3.63, 3.8) is 0 Å². The van der Waals surface area contributed by atoms with Crippen molar-refractivity contribution in [1.82, 2.24) is 4.90 Å². The fraction of sp³-hybridized carbons (Fsp3) is 0.857. The molecule has 0 fully saturated rings. The van der Waals surface area contributed by atoms with Crippen LogP contribution in [0.25, 0.3) is 0 Å². The van der Waals surface area contributed by atoms with E-state index in [0.717, 1.165) is 4.55 Å². The van der Waals surface area contributed by atoms with Crippen molar-refractivity contribution < 1.29 is 9.53 Å². The molecule has 1 unspecified atom stereocenters. The summed E-state index contributed by atoms with van der Waals surface area (Å²) in [4.78, 5) is 13.0. The summed E-state index contributed by atoms with van der Waals surface area (Å²) in [6.07, 6.45) is 0. The Kier molecular flexibility index (Phi) is 6.08. The van der Waals surface area contributed by atoms with Gasteiger partial charge in [0.2, 0.25) is 0 Å². The summed E-state index contributed by atoms with van der Waals surface area (Å²) in [7, 11) is 3.52. The Bertz CT molecular complexity index is 130. The van der Waals surface area contributed by atoms with Crippen molar-refractivity contribution in [2.75, 3.05) is 25.3 Å². The molecule has 0 rings (SSSR count). The zero-order valence-corrected chi connectivity index (χ0v) is 9.29. The van der Waals surface area contributed by atoms with Crippen molar-refractivity contribution in [2.45, 2.75) is 13.0 Å². The lowest BCUT2D eigenvalue weighted by molar-refractivity contribution is -0.123. The molecule has 11 heavy (non-hydrogen) atoms. The molecule has 4 heteroatoms. The van der Waals surface area contributed by atoms with Gasteiger partial charge in [0.15, 0.2) is 0 Å². The van der Waals surface area contributed by atoms with E-state index < -0.39 is 0 Å². The minimum absolute atomic E-state index is 0.0862. The highest BCUT2D eigenvalue weighted by molar-refractivity contribution is 14.1. The van der Waals surface area contributed by atoms with Gasteiger partial charge in [0, 0.05) is 7.11 Å². The molecule has 3 nitrogen and oxygen atoms in total. The molecule has 0 aliphatic rings. The van der Waals surface area contributed by atoms with Gasteiger partial charge in [0.1, 0.15) is 5.78 Å². The van der Waals surface area contributed by atoms with E-state index in [-0.39, 0.29) is 11.8 Å². The van der Waals surface area contributed by atoms with Gasteiger partial charge in [-0.25, -0.2) is 0 Å².